The summed E-state index contributed by atoms with van der Waals surface area (Å²) in [5, 5.41) is 25.2. The molecule has 0 aliphatic carbocycles. The fourth-order valence-electron chi connectivity index (χ4n) is 2.01. The van der Waals surface area contributed by atoms with Crippen molar-refractivity contribution in [1.82, 2.24) is 9.78 Å². The maximum absolute atomic E-state index is 10.9. The van der Waals surface area contributed by atoms with E-state index in [1.807, 2.05) is 0 Å². The van der Waals surface area contributed by atoms with Gasteiger partial charge in [0.15, 0.2) is 0 Å². The molecule has 2 aromatic rings. The summed E-state index contributed by atoms with van der Waals surface area (Å²) in [4.78, 5) is 10.9. The summed E-state index contributed by atoms with van der Waals surface area (Å²) >= 11 is 0. The minimum atomic E-state index is -1.02. The SMILES string of the molecule is Cc1nn(C)c(NCc2cc(C(=O)O)c(C)o2)c1C#N. The molecule has 7 nitrogen and oxygen atoms in total. The molecule has 2 aromatic heterocycles. The van der Waals surface area contributed by atoms with E-state index in [-0.39, 0.29) is 12.1 Å². The molecule has 0 unspecified atom stereocenters. The van der Waals surface area contributed by atoms with E-state index in [2.05, 4.69) is 16.5 Å². The molecule has 0 bridgehead atoms. The molecule has 0 saturated carbocycles. The Labute approximate surface area is 115 Å². The van der Waals surface area contributed by atoms with Crippen LogP contribution in [-0.2, 0) is 13.6 Å². The van der Waals surface area contributed by atoms with Crippen LogP contribution in [0.5, 0.6) is 0 Å². The zero-order chi connectivity index (χ0) is 14.9. The maximum Gasteiger partial charge on any atom is 0.339 e. The van der Waals surface area contributed by atoms with E-state index in [1.165, 1.54) is 6.07 Å². The van der Waals surface area contributed by atoms with Crippen LogP contribution in [0.3, 0.4) is 0 Å². The molecule has 2 N–H and O–H groups in total. The van der Waals surface area contributed by atoms with E-state index >= 15 is 0 Å². The average Bonchev–Trinajstić information content (AvgIpc) is 2.87. The predicted molar refractivity (Wildman–Crippen MR) is 70.4 cm³/mol. The number of carbonyl (C=O) groups is 1. The minimum absolute atomic E-state index is 0.142. The first-order valence-corrected chi connectivity index (χ1v) is 5.94. The largest absolute Gasteiger partial charge is 0.478 e. The number of rotatable bonds is 4. The van der Waals surface area contributed by atoms with Gasteiger partial charge in [-0.2, -0.15) is 10.4 Å². The molecule has 0 saturated heterocycles. The first-order valence-electron chi connectivity index (χ1n) is 5.94. The zero-order valence-electron chi connectivity index (χ0n) is 11.4. The third-order valence-electron chi connectivity index (χ3n) is 2.96. The van der Waals surface area contributed by atoms with Crippen molar-refractivity contribution in [3.05, 3.63) is 34.4 Å². The van der Waals surface area contributed by atoms with E-state index in [1.54, 1.807) is 25.6 Å². The Morgan fingerprint density at radius 1 is 1.60 bits per heavy atom. The topological polar surface area (TPSA) is 104 Å². The minimum Gasteiger partial charge on any atom is -0.478 e. The molecule has 0 spiro atoms. The highest BCUT2D eigenvalue weighted by Gasteiger charge is 2.16. The lowest BCUT2D eigenvalue weighted by atomic mass is 10.2. The first kappa shape index (κ1) is 13.7. The van der Waals surface area contributed by atoms with Crippen LogP contribution in [0.1, 0.15) is 33.1 Å². The monoisotopic (exact) mass is 274 g/mol. The lowest BCUT2D eigenvalue weighted by Gasteiger charge is -2.04. The Hall–Kier alpha value is -2.75. The summed E-state index contributed by atoms with van der Waals surface area (Å²) in [7, 11) is 1.73. The number of nitriles is 1. The lowest BCUT2D eigenvalue weighted by molar-refractivity contribution is 0.0695. The summed E-state index contributed by atoms with van der Waals surface area (Å²) in [6.07, 6.45) is 0. The lowest BCUT2D eigenvalue weighted by Crippen LogP contribution is -2.05. The number of carboxylic acids is 1. The quantitative estimate of drug-likeness (QED) is 0.881. The normalized spacial score (nSPS) is 10.3. The second-order valence-electron chi connectivity index (χ2n) is 4.39. The van der Waals surface area contributed by atoms with Gasteiger partial charge in [0.05, 0.1) is 12.2 Å². The van der Waals surface area contributed by atoms with Gasteiger partial charge in [0.25, 0.3) is 0 Å². The van der Waals surface area contributed by atoms with Crippen molar-refractivity contribution in [2.24, 2.45) is 7.05 Å². The van der Waals surface area contributed by atoms with Crippen molar-refractivity contribution in [1.29, 1.82) is 5.26 Å². The van der Waals surface area contributed by atoms with Gasteiger partial charge in [0.2, 0.25) is 0 Å². The molecule has 2 heterocycles. The van der Waals surface area contributed by atoms with Crippen LogP contribution in [0.4, 0.5) is 5.82 Å². The van der Waals surface area contributed by atoms with Crippen LogP contribution in [0.2, 0.25) is 0 Å². The third kappa shape index (κ3) is 2.36. The number of furan rings is 1. The number of hydrogen-bond donors (Lipinski definition) is 2. The summed E-state index contributed by atoms with van der Waals surface area (Å²) in [5.74, 6) is 0.404. The van der Waals surface area contributed by atoms with Crippen LogP contribution in [-0.4, -0.2) is 20.9 Å². The zero-order valence-corrected chi connectivity index (χ0v) is 11.4. The predicted octanol–water partition coefficient (Wildman–Crippen LogP) is 1.81. The van der Waals surface area contributed by atoms with Gasteiger partial charge in [0, 0.05) is 7.05 Å². The molecule has 0 atom stereocenters. The summed E-state index contributed by atoms with van der Waals surface area (Å²) in [5.41, 5.74) is 1.25. The second kappa shape index (κ2) is 5.09. The van der Waals surface area contributed by atoms with E-state index in [9.17, 15) is 4.79 Å². The van der Waals surface area contributed by atoms with Crippen molar-refractivity contribution >= 4 is 11.8 Å². The Bertz CT molecular complexity index is 706. The molecule has 0 aromatic carbocycles. The molecule has 0 amide bonds. The summed E-state index contributed by atoms with van der Waals surface area (Å²) < 4.78 is 6.93. The van der Waals surface area contributed by atoms with Crippen molar-refractivity contribution in [3.8, 4) is 6.07 Å². The molecule has 2 rings (SSSR count). The Morgan fingerprint density at radius 2 is 2.30 bits per heavy atom. The highest BCUT2D eigenvalue weighted by Crippen LogP contribution is 2.20. The number of anilines is 1. The van der Waals surface area contributed by atoms with E-state index in [0.29, 0.717) is 28.6 Å². The van der Waals surface area contributed by atoms with Crippen LogP contribution < -0.4 is 5.32 Å². The van der Waals surface area contributed by atoms with Gasteiger partial charge in [0.1, 0.15) is 34.5 Å². The highest BCUT2D eigenvalue weighted by molar-refractivity contribution is 5.88. The molecule has 104 valence electrons. The van der Waals surface area contributed by atoms with E-state index in [4.69, 9.17) is 14.8 Å². The smallest absolute Gasteiger partial charge is 0.339 e. The fourth-order valence-corrected chi connectivity index (χ4v) is 2.01. The molecular formula is C13H14N4O3. The number of aromatic nitrogens is 2. The summed E-state index contributed by atoms with van der Waals surface area (Å²) in [6, 6.07) is 3.56. The van der Waals surface area contributed by atoms with Gasteiger partial charge < -0.3 is 14.8 Å². The number of nitrogens with one attached hydrogen (secondary N) is 1. The second-order valence-corrected chi connectivity index (χ2v) is 4.39. The third-order valence-corrected chi connectivity index (χ3v) is 2.96. The van der Waals surface area contributed by atoms with Gasteiger partial charge in [-0.3, -0.25) is 4.68 Å². The molecule has 0 fully saturated rings. The van der Waals surface area contributed by atoms with Crippen molar-refractivity contribution < 1.29 is 14.3 Å². The van der Waals surface area contributed by atoms with Gasteiger partial charge in [-0.1, -0.05) is 0 Å². The fraction of sp³-hybridized carbons (Fsp3) is 0.308. The van der Waals surface area contributed by atoms with Gasteiger partial charge in [-0.15, -0.1) is 0 Å². The number of carboxylic acid groups (broad SMARTS) is 1. The Kier molecular flexibility index (Phi) is 3.48. The Balaban J connectivity index is 2.20. The van der Waals surface area contributed by atoms with Crippen LogP contribution in [0.25, 0.3) is 0 Å². The van der Waals surface area contributed by atoms with Crippen molar-refractivity contribution in [2.75, 3.05) is 5.32 Å². The standard InChI is InChI=1S/C13H14N4O3/c1-7-11(5-14)12(17(3)16-7)15-6-9-4-10(13(18)19)8(2)20-9/h4,15H,6H2,1-3H3,(H,18,19). The molecular weight excluding hydrogens is 260 g/mol. The Morgan fingerprint density at radius 3 is 2.85 bits per heavy atom. The first-order chi connectivity index (χ1) is 9.43. The molecule has 0 radical (unpaired) electrons. The average molecular weight is 274 g/mol. The molecule has 0 aliphatic rings. The number of nitrogens with zero attached hydrogens (tertiary/aromatic N) is 3. The molecule has 20 heavy (non-hydrogen) atoms. The van der Waals surface area contributed by atoms with Crippen LogP contribution >= 0.6 is 0 Å². The number of hydrogen-bond acceptors (Lipinski definition) is 5. The van der Waals surface area contributed by atoms with E-state index in [0.717, 1.165) is 0 Å². The number of aryl methyl sites for hydroxylation is 3. The molecule has 7 heteroatoms. The maximum atomic E-state index is 10.9. The van der Waals surface area contributed by atoms with Gasteiger partial charge >= 0.3 is 5.97 Å². The number of aromatic carboxylic acids is 1. The van der Waals surface area contributed by atoms with Crippen LogP contribution in [0, 0.1) is 25.2 Å². The van der Waals surface area contributed by atoms with Gasteiger partial charge in [-0.05, 0) is 19.9 Å². The van der Waals surface area contributed by atoms with Crippen molar-refractivity contribution in [2.45, 2.75) is 20.4 Å². The van der Waals surface area contributed by atoms with Crippen LogP contribution in [0.15, 0.2) is 10.5 Å². The highest BCUT2D eigenvalue weighted by atomic mass is 16.4. The molecule has 0 aliphatic heterocycles. The summed E-state index contributed by atoms with van der Waals surface area (Å²) in [6.45, 7) is 3.63. The van der Waals surface area contributed by atoms with E-state index < -0.39 is 5.97 Å². The van der Waals surface area contributed by atoms with Crippen molar-refractivity contribution in [3.63, 3.8) is 0 Å². The van der Waals surface area contributed by atoms with Gasteiger partial charge in [-0.25, -0.2) is 4.79 Å².